The zero-order valence-corrected chi connectivity index (χ0v) is 15.9. The number of carbonyl (C=O) groups excluding carboxylic acids is 1. The van der Waals surface area contributed by atoms with Gasteiger partial charge in [0, 0.05) is 40.8 Å². The van der Waals surface area contributed by atoms with Gasteiger partial charge in [-0.05, 0) is 41.0 Å². The van der Waals surface area contributed by atoms with Crippen LogP contribution in [0.1, 0.15) is 12.5 Å². The Hall–Kier alpha value is -2.70. The number of hydrogen-bond acceptors (Lipinski definition) is 3. The molecule has 5 nitrogen and oxygen atoms in total. The molecule has 132 valence electrons. The zero-order chi connectivity index (χ0) is 18.4. The maximum atomic E-state index is 11.8. The van der Waals surface area contributed by atoms with Crippen LogP contribution in [0.5, 0.6) is 5.75 Å². The van der Waals surface area contributed by atoms with Crippen LogP contribution in [-0.2, 0) is 11.4 Å². The van der Waals surface area contributed by atoms with E-state index in [1.807, 2.05) is 79.0 Å². The van der Waals surface area contributed by atoms with Crippen LogP contribution in [0.25, 0.3) is 11.3 Å². The molecular formula is C20H19BrN3O2+. The summed E-state index contributed by atoms with van der Waals surface area (Å²) in [6.45, 7) is 2.01. The largest absolute Gasteiger partial charge is 0.489 e. The molecule has 1 N–H and O–H groups in total. The molecule has 0 aliphatic rings. The SMILES string of the molecule is CC(=O)N(NBr)[n+]1ccccc1-c1ccc(OCc2ccccc2)cc1. The number of halogens is 1. The summed E-state index contributed by atoms with van der Waals surface area (Å²) >= 11 is 3.13. The third-order valence-electron chi connectivity index (χ3n) is 3.83. The lowest BCUT2D eigenvalue weighted by atomic mass is 10.1. The fourth-order valence-corrected chi connectivity index (χ4v) is 2.97. The Bertz CT molecular complexity index is 870. The first-order valence-electron chi connectivity index (χ1n) is 8.14. The minimum Gasteiger partial charge on any atom is -0.489 e. The third-order valence-corrected chi connectivity index (χ3v) is 4.17. The summed E-state index contributed by atoms with van der Waals surface area (Å²) in [6, 6.07) is 23.6. The molecule has 0 saturated heterocycles. The molecule has 0 radical (unpaired) electrons. The molecule has 3 rings (SSSR count). The molecule has 0 spiro atoms. The first kappa shape index (κ1) is 18.1. The molecule has 3 aromatic rings. The summed E-state index contributed by atoms with van der Waals surface area (Å²) in [5.74, 6) is 0.643. The molecule has 0 aliphatic carbocycles. The minimum absolute atomic E-state index is 0.151. The number of amides is 1. The van der Waals surface area contributed by atoms with Crippen LogP contribution in [-0.4, -0.2) is 5.91 Å². The smallest absolute Gasteiger partial charge is 0.295 e. The van der Waals surface area contributed by atoms with Gasteiger partial charge in [-0.2, -0.15) is 0 Å². The number of nitrogens with zero attached hydrogens (tertiary/aromatic N) is 2. The van der Waals surface area contributed by atoms with Gasteiger partial charge in [-0.15, -0.1) is 4.45 Å². The van der Waals surface area contributed by atoms with Gasteiger partial charge >= 0.3 is 0 Å². The molecule has 6 heteroatoms. The van der Waals surface area contributed by atoms with Crippen molar-refractivity contribution in [1.29, 1.82) is 0 Å². The number of aromatic nitrogens is 1. The number of hydrazine groups is 1. The molecule has 1 aromatic heterocycles. The summed E-state index contributed by atoms with van der Waals surface area (Å²) in [5.41, 5.74) is 2.95. The predicted molar refractivity (Wildman–Crippen MR) is 104 cm³/mol. The number of benzene rings is 2. The lowest BCUT2D eigenvalue weighted by molar-refractivity contribution is -0.676. The number of pyridine rings is 1. The maximum Gasteiger partial charge on any atom is 0.295 e. The molecule has 2 aromatic carbocycles. The fourth-order valence-electron chi connectivity index (χ4n) is 2.55. The van der Waals surface area contributed by atoms with Crippen molar-refractivity contribution in [3.8, 4) is 17.0 Å². The third kappa shape index (κ3) is 4.28. The van der Waals surface area contributed by atoms with Crippen molar-refractivity contribution in [2.75, 3.05) is 5.12 Å². The van der Waals surface area contributed by atoms with Crippen molar-refractivity contribution < 1.29 is 14.2 Å². The van der Waals surface area contributed by atoms with E-state index in [1.165, 1.54) is 12.0 Å². The van der Waals surface area contributed by atoms with Crippen LogP contribution in [0.15, 0.2) is 79.0 Å². The quantitative estimate of drug-likeness (QED) is 0.382. The van der Waals surface area contributed by atoms with E-state index < -0.39 is 0 Å². The van der Waals surface area contributed by atoms with Crippen LogP contribution in [0.3, 0.4) is 0 Å². The van der Waals surface area contributed by atoms with Gasteiger partial charge in [-0.1, -0.05) is 35.0 Å². The molecule has 0 saturated carbocycles. The fraction of sp³-hybridized carbons (Fsp3) is 0.100. The average Bonchev–Trinajstić information content (AvgIpc) is 2.68. The molecule has 0 bridgehead atoms. The second-order valence-electron chi connectivity index (χ2n) is 5.64. The van der Waals surface area contributed by atoms with Crippen molar-refractivity contribution in [2.24, 2.45) is 0 Å². The van der Waals surface area contributed by atoms with Crippen LogP contribution < -0.4 is 19.0 Å². The number of carbonyl (C=O) groups is 1. The van der Waals surface area contributed by atoms with E-state index in [1.54, 1.807) is 4.68 Å². The standard InChI is InChI=1S/C20H19BrN3O2/c1-16(25)24(22-21)23-14-6-5-9-20(23)18-10-12-19(13-11-18)26-15-17-7-3-2-4-8-17/h2-14,22H,15H2,1H3/q+1. The Morgan fingerprint density at radius 3 is 2.38 bits per heavy atom. The Labute approximate surface area is 161 Å². The molecule has 0 fully saturated rings. The van der Waals surface area contributed by atoms with Crippen molar-refractivity contribution in [3.63, 3.8) is 0 Å². The average molecular weight is 413 g/mol. The lowest BCUT2D eigenvalue weighted by Crippen LogP contribution is -2.64. The van der Waals surface area contributed by atoms with Crippen LogP contribution in [0.2, 0.25) is 0 Å². The number of nitrogens with one attached hydrogen (secondary N) is 1. The van der Waals surface area contributed by atoms with Crippen molar-refractivity contribution in [2.45, 2.75) is 13.5 Å². The monoisotopic (exact) mass is 412 g/mol. The van der Waals surface area contributed by atoms with E-state index >= 15 is 0 Å². The molecule has 0 unspecified atom stereocenters. The van der Waals surface area contributed by atoms with E-state index in [0.717, 1.165) is 22.6 Å². The first-order chi connectivity index (χ1) is 12.7. The molecule has 0 atom stereocenters. The Balaban J connectivity index is 1.80. The second-order valence-corrected chi connectivity index (χ2v) is 6.00. The summed E-state index contributed by atoms with van der Waals surface area (Å²) in [4.78, 5) is 11.8. The van der Waals surface area contributed by atoms with E-state index in [2.05, 4.69) is 20.6 Å². The second kappa shape index (κ2) is 8.60. The normalized spacial score (nSPS) is 10.4. The Morgan fingerprint density at radius 1 is 1.04 bits per heavy atom. The Morgan fingerprint density at radius 2 is 1.73 bits per heavy atom. The van der Waals surface area contributed by atoms with Gasteiger partial charge in [-0.3, -0.25) is 4.79 Å². The molecular weight excluding hydrogens is 394 g/mol. The Kier molecular flexibility index (Phi) is 5.99. The summed E-state index contributed by atoms with van der Waals surface area (Å²) in [5, 5.41) is 1.37. The summed E-state index contributed by atoms with van der Waals surface area (Å²) in [7, 11) is 0. The van der Waals surface area contributed by atoms with Gasteiger partial charge in [-0.25, -0.2) is 0 Å². The summed E-state index contributed by atoms with van der Waals surface area (Å²) in [6.07, 6.45) is 1.81. The minimum atomic E-state index is -0.151. The number of hydrogen-bond donors (Lipinski definition) is 1. The van der Waals surface area contributed by atoms with Crippen molar-refractivity contribution in [1.82, 2.24) is 4.45 Å². The highest BCUT2D eigenvalue weighted by Gasteiger charge is 2.23. The number of ether oxygens (including phenoxy) is 1. The van der Waals surface area contributed by atoms with Crippen molar-refractivity contribution in [3.05, 3.63) is 84.6 Å². The van der Waals surface area contributed by atoms with Gasteiger partial charge in [0.2, 0.25) is 11.9 Å². The predicted octanol–water partition coefficient (Wildman–Crippen LogP) is 3.52. The van der Waals surface area contributed by atoms with Crippen LogP contribution in [0, 0.1) is 0 Å². The van der Waals surface area contributed by atoms with Gasteiger partial charge < -0.3 is 4.74 Å². The highest BCUT2D eigenvalue weighted by Crippen LogP contribution is 2.20. The van der Waals surface area contributed by atoms with Gasteiger partial charge in [0.15, 0.2) is 0 Å². The van der Waals surface area contributed by atoms with Gasteiger partial charge in [0.25, 0.3) is 5.91 Å². The highest BCUT2D eigenvalue weighted by molar-refractivity contribution is 9.08. The van der Waals surface area contributed by atoms with Crippen molar-refractivity contribution >= 4 is 22.1 Å². The molecule has 1 heterocycles. The maximum absolute atomic E-state index is 11.8. The summed E-state index contributed by atoms with van der Waals surface area (Å²) < 4.78 is 10.3. The molecule has 1 amide bonds. The first-order valence-corrected chi connectivity index (χ1v) is 8.93. The van der Waals surface area contributed by atoms with Crippen LogP contribution in [0.4, 0.5) is 0 Å². The van der Waals surface area contributed by atoms with E-state index in [0.29, 0.717) is 6.61 Å². The van der Waals surface area contributed by atoms with Gasteiger partial charge in [0.05, 0.1) is 0 Å². The molecule has 26 heavy (non-hydrogen) atoms. The lowest BCUT2D eigenvalue weighted by Gasteiger charge is -2.13. The molecule has 0 aliphatic heterocycles. The van der Waals surface area contributed by atoms with E-state index in [-0.39, 0.29) is 5.91 Å². The number of rotatable bonds is 6. The van der Waals surface area contributed by atoms with Gasteiger partial charge in [0.1, 0.15) is 12.4 Å². The topological polar surface area (TPSA) is 45.5 Å². The zero-order valence-electron chi connectivity index (χ0n) is 14.3. The van der Waals surface area contributed by atoms with Crippen LogP contribution >= 0.6 is 16.1 Å². The highest BCUT2D eigenvalue weighted by atomic mass is 79.9. The van der Waals surface area contributed by atoms with E-state index in [9.17, 15) is 4.79 Å². The van der Waals surface area contributed by atoms with E-state index in [4.69, 9.17) is 4.74 Å².